The molecule has 1 aromatic rings. The van der Waals surface area contributed by atoms with Gasteiger partial charge >= 0.3 is 0 Å². The van der Waals surface area contributed by atoms with Crippen LogP contribution in [0.3, 0.4) is 0 Å². The van der Waals surface area contributed by atoms with Gasteiger partial charge in [0, 0.05) is 24.8 Å². The molecule has 4 N–H and O–H groups in total. The Morgan fingerprint density at radius 2 is 1.88 bits per heavy atom. The molecule has 16 heavy (non-hydrogen) atoms. The minimum absolute atomic E-state index is 0.0664. The Morgan fingerprint density at radius 3 is 2.25 bits per heavy atom. The monoisotopic (exact) mass is 221 g/mol. The van der Waals surface area contributed by atoms with Crippen molar-refractivity contribution in [3.05, 3.63) is 29.8 Å². The van der Waals surface area contributed by atoms with Crippen LogP contribution < -0.4 is 10.6 Å². The third-order valence-corrected chi connectivity index (χ3v) is 2.24. The summed E-state index contributed by atoms with van der Waals surface area (Å²) in [6.07, 6.45) is 0. The van der Waals surface area contributed by atoms with Gasteiger partial charge < -0.3 is 15.7 Å². The van der Waals surface area contributed by atoms with Gasteiger partial charge in [0.05, 0.1) is 5.60 Å². The number of anilines is 1. The van der Waals surface area contributed by atoms with Gasteiger partial charge in [0.1, 0.15) is 5.84 Å². The van der Waals surface area contributed by atoms with Crippen molar-refractivity contribution in [1.82, 2.24) is 0 Å². The highest BCUT2D eigenvalue weighted by atomic mass is 16.3. The summed E-state index contributed by atoms with van der Waals surface area (Å²) < 4.78 is 0. The summed E-state index contributed by atoms with van der Waals surface area (Å²) >= 11 is 0. The number of hydrogen-bond donors (Lipinski definition) is 3. The number of nitrogens with zero attached hydrogens (tertiary/aromatic N) is 1. The van der Waals surface area contributed by atoms with E-state index in [1.807, 2.05) is 24.1 Å². The maximum Gasteiger partial charge on any atom is 0.122 e. The molecule has 0 amide bonds. The molecule has 88 valence electrons. The minimum atomic E-state index is -0.728. The van der Waals surface area contributed by atoms with Crippen LogP contribution in [0.1, 0.15) is 19.4 Å². The standard InChI is InChI=1S/C12H19N3O/c1-12(2,16)8-15(3)10-6-4-9(5-7-10)11(13)14/h4-7,16H,8H2,1-3H3,(H3,13,14). The van der Waals surface area contributed by atoms with E-state index in [1.165, 1.54) is 0 Å². The average molecular weight is 221 g/mol. The first-order valence-electron chi connectivity index (χ1n) is 5.17. The van der Waals surface area contributed by atoms with Crippen molar-refractivity contribution < 1.29 is 5.11 Å². The number of nitrogen functional groups attached to an aromatic ring is 1. The van der Waals surface area contributed by atoms with Crippen LogP contribution >= 0.6 is 0 Å². The molecule has 0 spiro atoms. The normalized spacial score (nSPS) is 11.2. The van der Waals surface area contributed by atoms with Gasteiger partial charge in [0.2, 0.25) is 0 Å². The fourth-order valence-corrected chi connectivity index (χ4v) is 1.57. The number of aliphatic hydroxyl groups is 1. The molecule has 1 rings (SSSR count). The van der Waals surface area contributed by atoms with Gasteiger partial charge in [-0.05, 0) is 38.1 Å². The van der Waals surface area contributed by atoms with Crippen molar-refractivity contribution in [2.45, 2.75) is 19.4 Å². The summed E-state index contributed by atoms with van der Waals surface area (Å²) in [5.74, 6) is 0.0664. The van der Waals surface area contributed by atoms with Gasteiger partial charge in [0.15, 0.2) is 0 Å². The maximum absolute atomic E-state index is 9.70. The van der Waals surface area contributed by atoms with E-state index >= 15 is 0 Å². The predicted molar refractivity (Wildman–Crippen MR) is 67.0 cm³/mol. The van der Waals surface area contributed by atoms with Crippen LogP contribution in [0.2, 0.25) is 0 Å². The molecule has 0 aromatic heterocycles. The Kier molecular flexibility index (Phi) is 3.55. The minimum Gasteiger partial charge on any atom is -0.389 e. The van der Waals surface area contributed by atoms with Crippen LogP contribution in [0.4, 0.5) is 5.69 Å². The lowest BCUT2D eigenvalue weighted by atomic mass is 10.1. The lowest BCUT2D eigenvalue weighted by Crippen LogP contribution is -2.36. The fourth-order valence-electron chi connectivity index (χ4n) is 1.57. The van der Waals surface area contributed by atoms with E-state index in [0.29, 0.717) is 12.1 Å². The van der Waals surface area contributed by atoms with Crippen molar-refractivity contribution in [3.8, 4) is 0 Å². The summed E-state index contributed by atoms with van der Waals surface area (Å²) in [4.78, 5) is 1.96. The molecule has 0 bridgehead atoms. The smallest absolute Gasteiger partial charge is 0.122 e. The first kappa shape index (κ1) is 12.5. The van der Waals surface area contributed by atoms with Crippen LogP contribution in [0.25, 0.3) is 0 Å². The van der Waals surface area contributed by atoms with Gasteiger partial charge in [-0.1, -0.05) is 0 Å². The summed E-state index contributed by atoms with van der Waals surface area (Å²) in [7, 11) is 1.92. The van der Waals surface area contributed by atoms with Crippen molar-refractivity contribution in [1.29, 1.82) is 5.41 Å². The van der Waals surface area contributed by atoms with E-state index in [1.54, 1.807) is 26.0 Å². The number of rotatable bonds is 4. The van der Waals surface area contributed by atoms with E-state index in [-0.39, 0.29) is 5.84 Å². The lowest BCUT2D eigenvalue weighted by Gasteiger charge is -2.27. The molecule has 0 heterocycles. The second-order valence-corrected chi connectivity index (χ2v) is 4.63. The Balaban J connectivity index is 2.78. The molecule has 4 heteroatoms. The van der Waals surface area contributed by atoms with Gasteiger partial charge in [-0.15, -0.1) is 0 Å². The third kappa shape index (κ3) is 3.55. The molecule has 0 saturated carbocycles. The lowest BCUT2D eigenvalue weighted by molar-refractivity contribution is 0.0886. The molecular weight excluding hydrogens is 202 g/mol. The second kappa shape index (κ2) is 4.53. The van der Waals surface area contributed by atoms with Crippen LogP contribution in [0.5, 0.6) is 0 Å². The summed E-state index contributed by atoms with van der Waals surface area (Å²) in [5.41, 5.74) is 6.34. The molecule has 0 radical (unpaired) electrons. The molecule has 0 aliphatic rings. The van der Waals surface area contributed by atoms with E-state index < -0.39 is 5.60 Å². The molecular formula is C12H19N3O. The van der Waals surface area contributed by atoms with Crippen molar-refractivity contribution in [3.63, 3.8) is 0 Å². The molecule has 0 aliphatic carbocycles. The highest BCUT2D eigenvalue weighted by molar-refractivity contribution is 5.95. The maximum atomic E-state index is 9.70. The summed E-state index contributed by atoms with van der Waals surface area (Å²) in [6.45, 7) is 4.09. The average Bonchev–Trinajstić information content (AvgIpc) is 2.15. The highest BCUT2D eigenvalue weighted by Crippen LogP contribution is 2.16. The SMILES string of the molecule is CN(CC(C)(C)O)c1ccc(C(=N)N)cc1. The topological polar surface area (TPSA) is 73.3 Å². The van der Waals surface area contributed by atoms with E-state index in [0.717, 1.165) is 5.69 Å². The molecule has 4 nitrogen and oxygen atoms in total. The zero-order valence-corrected chi connectivity index (χ0v) is 9.99. The first-order valence-corrected chi connectivity index (χ1v) is 5.17. The number of benzene rings is 1. The third-order valence-electron chi connectivity index (χ3n) is 2.24. The molecule has 1 aromatic carbocycles. The van der Waals surface area contributed by atoms with Gasteiger partial charge in [-0.25, -0.2) is 0 Å². The number of nitrogens with one attached hydrogen (secondary N) is 1. The Labute approximate surface area is 96.2 Å². The number of amidine groups is 1. The highest BCUT2D eigenvalue weighted by Gasteiger charge is 2.15. The first-order chi connectivity index (χ1) is 7.29. The van der Waals surface area contributed by atoms with Crippen LogP contribution in [0, 0.1) is 5.41 Å². The second-order valence-electron chi connectivity index (χ2n) is 4.63. The number of likely N-dealkylation sites (N-methyl/N-ethyl adjacent to an activating group) is 1. The molecule has 0 unspecified atom stereocenters. The van der Waals surface area contributed by atoms with E-state index in [4.69, 9.17) is 11.1 Å². The Hall–Kier alpha value is -1.55. The van der Waals surface area contributed by atoms with Gasteiger partial charge in [-0.3, -0.25) is 5.41 Å². The van der Waals surface area contributed by atoms with Crippen LogP contribution in [0.15, 0.2) is 24.3 Å². The summed E-state index contributed by atoms with van der Waals surface area (Å²) in [6, 6.07) is 7.39. The van der Waals surface area contributed by atoms with E-state index in [9.17, 15) is 5.11 Å². The quantitative estimate of drug-likeness (QED) is 0.528. The van der Waals surface area contributed by atoms with Crippen LogP contribution in [-0.2, 0) is 0 Å². The predicted octanol–water partition coefficient (Wildman–Crippen LogP) is 1.18. The van der Waals surface area contributed by atoms with Crippen molar-refractivity contribution >= 4 is 11.5 Å². The zero-order chi connectivity index (χ0) is 12.3. The largest absolute Gasteiger partial charge is 0.389 e. The molecule has 0 fully saturated rings. The zero-order valence-electron chi connectivity index (χ0n) is 9.99. The van der Waals surface area contributed by atoms with Gasteiger partial charge in [0.25, 0.3) is 0 Å². The Bertz CT molecular complexity index is 365. The number of nitrogens with two attached hydrogens (primary N) is 1. The molecule has 0 saturated heterocycles. The Morgan fingerprint density at radius 1 is 1.38 bits per heavy atom. The number of hydrogen-bond acceptors (Lipinski definition) is 3. The van der Waals surface area contributed by atoms with Gasteiger partial charge in [-0.2, -0.15) is 0 Å². The summed E-state index contributed by atoms with van der Waals surface area (Å²) in [5, 5.41) is 17.0. The fraction of sp³-hybridized carbons (Fsp3) is 0.417. The van der Waals surface area contributed by atoms with E-state index in [2.05, 4.69) is 0 Å². The van der Waals surface area contributed by atoms with Crippen molar-refractivity contribution in [2.24, 2.45) is 5.73 Å². The van der Waals surface area contributed by atoms with Crippen LogP contribution in [-0.4, -0.2) is 30.1 Å². The molecule has 0 aliphatic heterocycles. The molecule has 0 atom stereocenters. The van der Waals surface area contributed by atoms with Crippen molar-refractivity contribution in [2.75, 3.05) is 18.5 Å².